The lowest BCUT2D eigenvalue weighted by Gasteiger charge is -2.10. The van der Waals surface area contributed by atoms with Gasteiger partial charge < -0.3 is 5.32 Å². The molecule has 0 spiro atoms. The third-order valence-corrected chi connectivity index (χ3v) is 4.18. The molecule has 0 saturated heterocycles. The maximum atomic E-state index is 12.7. The molecule has 5 heteroatoms. The van der Waals surface area contributed by atoms with Crippen LogP contribution in [0.4, 0.5) is 4.39 Å². The third-order valence-electron chi connectivity index (χ3n) is 2.66. The molecule has 0 aromatic heterocycles. The van der Waals surface area contributed by atoms with E-state index in [1.807, 2.05) is 5.41 Å². The molecule has 0 bridgehead atoms. The highest BCUT2D eigenvalue weighted by Gasteiger charge is 2.23. The number of nitrogens with one attached hydrogen (secondary N) is 1. The zero-order valence-electron chi connectivity index (χ0n) is 9.66. The molecule has 96 valence electrons. The molecule has 1 unspecified atom stereocenters. The number of carbonyl (C=O) groups excluding carboxylic acids is 1. The lowest BCUT2D eigenvalue weighted by Crippen LogP contribution is -2.33. The summed E-state index contributed by atoms with van der Waals surface area (Å²) in [4.78, 5) is 11.8. The fourth-order valence-corrected chi connectivity index (χ4v) is 2.97. The topological polar surface area (TPSA) is 29.1 Å². The summed E-state index contributed by atoms with van der Waals surface area (Å²) in [7, 11) is 0. The minimum Gasteiger partial charge on any atom is -0.355 e. The van der Waals surface area contributed by atoms with E-state index in [1.165, 1.54) is 23.9 Å². The van der Waals surface area contributed by atoms with Crippen molar-refractivity contribution in [3.63, 3.8) is 0 Å². The van der Waals surface area contributed by atoms with Gasteiger partial charge in [-0.3, -0.25) is 4.79 Å². The Kier molecular flexibility index (Phi) is 4.66. The van der Waals surface area contributed by atoms with Crippen LogP contribution in [0.25, 0.3) is 0 Å². The van der Waals surface area contributed by atoms with Crippen molar-refractivity contribution in [1.29, 1.82) is 0 Å². The van der Waals surface area contributed by atoms with E-state index in [0.717, 1.165) is 10.6 Å². The van der Waals surface area contributed by atoms with E-state index in [9.17, 15) is 9.18 Å². The molecule has 1 heterocycles. The van der Waals surface area contributed by atoms with Crippen LogP contribution in [-0.2, 0) is 11.2 Å². The van der Waals surface area contributed by atoms with E-state index in [4.69, 9.17) is 11.6 Å². The fraction of sp³-hybridized carbons (Fsp3) is 0.308. The van der Waals surface area contributed by atoms with Gasteiger partial charge in [-0.15, -0.1) is 11.8 Å². The van der Waals surface area contributed by atoms with Crippen LogP contribution in [0.3, 0.4) is 0 Å². The zero-order chi connectivity index (χ0) is 13.0. The van der Waals surface area contributed by atoms with E-state index in [0.29, 0.717) is 19.4 Å². The van der Waals surface area contributed by atoms with Crippen molar-refractivity contribution in [3.8, 4) is 0 Å². The van der Waals surface area contributed by atoms with Crippen molar-refractivity contribution in [2.75, 3.05) is 6.54 Å². The molecule has 1 atom stereocenters. The number of halogens is 2. The van der Waals surface area contributed by atoms with Crippen molar-refractivity contribution in [2.24, 2.45) is 0 Å². The summed E-state index contributed by atoms with van der Waals surface area (Å²) in [6.45, 7) is 0.555. The molecule has 1 aliphatic heterocycles. The second-order valence-corrected chi connectivity index (χ2v) is 5.62. The number of hydrogen-bond donors (Lipinski definition) is 1. The van der Waals surface area contributed by atoms with Crippen LogP contribution in [0.15, 0.2) is 34.7 Å². The Morgan fingerprint density at radius 1 is 1.44 bits per heavy atom. The second kappa shape index (κ2) is 6.25. The summed E-state index contributed by atoms with van der Waals surface area (Å²) in [6, 6.07) is 6.30. The van der Waals surface area contributed by atoms with E-state index >= 15 is 0 Å². The number of amides is 1. The van der Waals surface area contributed by atoms with E-state index < -0.39 is 0 Å². The van der Waals surface area contributed by atoms with Crippen molar-refractivity contribution >= 4 is 29.3 Å². The Bertz CT molecular complexity index is 461. The molecule has 18 heavy (non-hydrogen) atoms. The Balaban J connectivity index is 1.72. The van der Waals surface area contributed by atoms with E-state index in [-0.39, 0.29) is 17.0 Å². The van der Waals surface area contributed by atoms with Gasteiger partial charge in [0.15, 0.2) is 0 Å². The van der Waals surface area contributed by atoms with Crippen molar-refractivity contribution < 1.29 is 9.18 Å². The Morgan fingerprint density at radius 2 is 2.17 bits per heavy atom. The lowest BCUT2D eigenvalue weighted by molar-refractivity contribution is -0.120. The van der Waals surface area contributed by atoms with Crippen molar-refractivity contribution in [1.82, 2.24) is 5.32 Å². The molecule has 0 saturated carbocycles. The van der Waals surface area contributed by atoms with Gasteiger partial charge in [0.05, 0.1) is 5.25 Å². The third kappa shape index (κ3) is 3.75. The number of carbonyl (C=O) groups is 1. The summed E-state index contributed by atoms with van der Waals surface area (Å²) in [6.07, 6.45) is 1.30. The van der Waals surface area contributed by atoms with Gasteiger partial charge in [-0.1, -0.05) is 23.7 Å². The van der Waals surface area contributed by atoms with Crippen molar-refractivity contribution in [3.05, 3.63) is 46.1 Å². The molecule has 1 N–H and O–H groups in total. The molecule has 2 rings (SSSR count). The Labute approximate surface area is 115 Å². The monoisotopic (exact) mass is 285 g/mol. The first-order valence-corrected chi connectivity index (χ1v) is 6.99. The van der Waals surface area contributed by atoms with Gasteiger partial charge in [0.2, 0.25) is 5.91 Å². The average Bonchev–Trinajstić information content (AvgIpc) is 2.78. The number of rotatable bonds is 4. The highest BCUT2D eigenvalue weighted by atomic mass is 35.5. The maximum Gasteiger partial charge on any atom is 0.233 e. The molecule has 1 aromatic rings. The molecule has 1 aliphatic rings. The minimum atomic E-state index is -0.245. The van der Waals surface area contributed by atoms with Gasteiger partial charge in [-0.2, -0.15) is 0 Å². The SMILES string of the molecule is O=C(NCCc1ccc(F)cc1)C1CC(Cl)=CS1. The first-order valence-electron chi connectivity index (χ1n) is 5.67. The highest BCUT2D eigenvalue weighted by Crippen LogP contribution is 2.32. The number of benzene rings is 1. The first-order chi connectivity index (χ1) is 8.65. The standard InChI is InChI=1S/C13H13ClFNOS/c14-10-7-12(18-8-10)13(17)16-6-5-9-1-3-11(15)4-2-9/h1-4,8,12H,5-7H2,(H,16,17). The average molecular weight is 286 g/mol. The van der Waals surface area contributed by atoms with Crippen LogP contribution >= 0.6 is 23.4 Å². The van der Waals surface area contributed by atoms with Crippen molar-refractivity contribution in [2.45, 2.75) is 18.1 Å². The molecule has 0 aliphatic carbocycles. The molecule has 0 fully saturated rings. The Morgan fingerprint density at radius 3 is 2.78 bits per heavy atom. The smallest absolute Gasteiger partial charge is 0.233 e. The van der Waals surface area contributed by atoms with Crippen LogP contribution in [0.2, 0.25) is 0 Å². The highest BCUT2D eigenvalue weighted by molar-refractivity contribution is 8.03. The van der Waals surface area contributed by atoms with Gasteiger partial charge in [-0.25, -0.2) is 4.39 Å². The van der Waals surface area contributed by atoms with Gasteiger partial charge in [0.25, 0.3) is 0 Å². The summed E-state index contributed by atoms with van der Waals surface area (Å²) < 4.78 is 12.7. The van der Waals surface area contributed by atoms with Crippen LogP contribution in [0.5, 0.6) is 0 Å². The first kappa shape index (κ1) is 13.4. The largest absolute Gasteiger partial charge is 0.355 e. The van der Waals surface area contributed by atoms with Crippen LogP contribution in [0, 0.1) is 5.82 Å². The lowest BCUT2D eigenvalue weighted by atomic mass is 10.1. The molecule has 1 aromatic carbocycles. The molecule has 1 amide bonds. The summed E-state index contributed by atoms with van der Waals surface area (Å²) in [5.41, 5.74) is 1.01. The normalized spacial score (nSPS) is 18.6. The minimum absolute atomic E-state index is 0.00834. The molecular formula is C13H13ClFNOS. The fourth-order valence-electron chi connectivity index (χ4n) is 1.68. The van der Waals surface area contributed by atoms with Gasteiger partial charge in [0, 0.05) is 18.0 Å². The quantitative estimate of drug-likeness (QED) is 0.921. The number of allylic oxidation sites excluding steroid dienone is 1. The van der Waals surface area contributed by atoms with Gasteiger partial charge in [0.1, 0.15) is 5.82 Å². The predicted molar refractivity (Wildman–Crippen MR) is 73.0 cm³/mol. The molecule has 2 nitrogen and oxygen atoms in total. The zero-order valence-corrected chi connectivity index (χ0v) is 11.2. The summed E-state index contributed by atoms with van der Waals surface area (Å²) in [5, 5.41) is 5.30. The van der Waals surface area contributed by atoms with Gasteiger partial charge >= 0.3 is 0 Å². The summed E-state index contributed by atoms with van der Waals surface area (Å²) in [5.74, 6) is -0.236. The predicted octanol–water partition coefficient (Wildman–Crippen LogP) is 3.07. The molecule has 0 radical (unpaired) electrons. The van der Waals surface area contributed by atoms with Crippen LogP contribution < -0.4 is 5.32 Å². The maximum absolute atomic E-state index is 12.7. The van der Waals surface area contributed by atoms with Crippen LogP contribution in [0.1, 0.15) is 12.0 Å². The second-order valence-electron chi connectivity index (χ2n) is 4.06. The Hall–Kier alpha value is -1.000. The van der Waals surface area contributed by atoms with Crippen LogP contribution in [-0.4, -0.2) is 17.7 Å². The molecular weight excluding hydrogens is 273 g/mol. The summed E-state index contributed by atoms with van der Waals surface area (Å²) >= 11 is 7.27. The van der Waals surface area contributed by atoms with Gasteiger partial charge in [-0.05, 0) is 29.5 Å². The van der Waals surface area contributed by atoms with E-state index in [2.05, 4.69) is 5.32 Å². The van der Waals surface area contributed by atoms with E-state index in [1.54, 1.807) is 12.1 Å². The number of thioether (sulfide) groups is 1. The number of hydrogen-bond acceptors (Lipinski definition) is 2.